The molecule has 0 atom stereocenters. The summed E-state index contributed by atoms with van der Waals surface area (Å²) in [4.78, 5) is 17.3. The van der Waals surface area contributed by atoms with E-state index in [1.54, 1.807) is 29.8 Å². The van der Waals surface area contributed by atoms with Crippen molar-refractivity contribution in [1.82, 2.24) is 9.38 Å². The van der Waals surface area contributed by atoms with Gasteiger partial charge in [0.2, 0.25) is 0 Å². The molecule has 2 heterocycles. The Bertz CT molecular complexity index is 839. The van der Waals surface area contributed by atoms with Crippen LogP contribution in [0.3, 0.4) is 0 Å². The van der Waals surface area contributed by atoms with Crippen LogP contribution in [-0.2, 0) is 6.42 Å². The molecule has 21 heavy (non-hydrogen) atoms. The molecule has 0 amide bonds. The molecule has 0 saturated carbocycles. The number of aromatic nitrogens is 2. The van der Waals surface area contributed by atoms with Crippen molar-refractivity contribution in [3.63, 3.8) is 0 Å². The number of hydrogen-bond acceptors (Lipinski definition) is 3. The van der Waals surface area contributed by atoms with Gasteiger partial charge in [0, 0.05) is 23.4 Å². The third kappa shape index (κ3) is 2.29. The summed E-state index contributed by atoms with van der Waals surface area (Å²) in [5.74, 6) is 0.685. The van der Waals surface area contributed by atoms with Crippen LogP contribution >= 0.6 is 0 Å². The quantitative estimate of drug-likeness (QED) is 0.741. The van der Waals surface area contributed by atoms with E-state index in [2.05, 4.69) is 4.98 Å². The third-order valence-electron chi connectivity index (χ3n) is 3.53. The highest BCUT2D eigenvalue weighted by atomic mass is 16.5. The maximum Gasteiger partial charge on any atom is 0.261 e. The summed E-state index contributed by atoms with van der Waals surface area (Å²) >= 11 is 0. The van der Waals surface area contributed by atoms with Crippen molar-refractivity contribution in [2.24, 2.45) is 0 Å². The Labute approximate surface area is 122 Å². The molecule has 0 saturated heterocycles. The van der Waals surface area contributed by atoms with Crippen LogP contribution in [0.2, 0.25) is 0 Å². The molecule has 106 valence electrons. The highest BCUT2D eigenvalue weighted by Crippen LogP contribution is 2.21. The number of methoxy groups -OCH3 is 1. The fourth-order valence-electron chi connectivity index (χ4n) is 2.44. The standard InChI is InChI=1S/C17H16N2O2/c1-3-14-16(12-7-5-4-6-8-12)18-15-11-13(21-2)9-10-19(15)17(14)20/h4-11H,3H2,1-2H3. The molecule has 0 fully saturated rings. The molecule has 3 aromatic rings. The topological polar surface area (TPSA) is 43.6 Å². The number of nitrogens with zero attached hydrogens (tertiary/aromatic N) is 2. The van der Waals surface area contributed by atoms with Gasteiger partial charge in [0.1, 0.15) is 11.4 Å². The normalized spacial score (nSPS) is 10.8. The highest BCUT2D eigenvalue weighted by molar-refractivity contribution is 5.65. The first-order valence-electron chi connectivity index (χ1n) is 6.89. The van der Waals surface area contributed by atoms with Gasteiger partial charge < -0.3 is 4.74 Å². The Kier molecular flexibility index (Phi) is 3.44. The van der Waals surface area contributed by atoms with Crippen LogP contribution in [0.1, 0.15) is 12.5 Å². The molecule has 4 nitrogen and oxygen atoms in total. The predicted octanol–water partition coefficient (Wildman–Crippen LogP) is 2.93. The Balaban J connectivity index is 2.35. The number of benzene rings is 1. The Hall–Kier alpha value is -2.62. The Morgan fingerprint density at radius 1 is 1.19 bits per heavy atom. The minimum absolute atomic E-state index is 0.0241. The maximum atomic E-state index is 12.6. The van der Waals surface area contributed by atoms with Crippen molar-refractivity contribution in [2.45, 2.75) is 13.3 Å². The number of hydrogen-bond donors (Lipinski definition) is 0. The van der Waals surface area contributed by atoms with Gasteiger partial charge in [0.05, 0.1) is 12.8 Å². The molecule has 0 aliphatic heterocycles. The fourth-order valence-corrected chi connectivity index (χ4v) is 2.44. The molecule has 3 rings (SSSR count). The molecule has 0 N–H and O–H groups in total. The van der Waals surface area contributed by atoms with E-state index < -0.39 is 0 Å². The minimum Gasteiger partial charge on any atom is -0.497 e. The molecule has 0 spiro atoms. The molecule has 2 aromatic heterocycles. The van der Waals surface area contributed by atoms with Crippen LogP contribution in [0, 0.1) is 0 Å². The van der Waals surface area contributed by atoms with E-state index in [1.165, 1.54) is 0 Å². The number of ether oxygens (including phenoxy) is 1. The van der Waals surface area contributed by atoms with Gasteiger partial charge in [0.25, 0.3) is 5.56 Å². The second kappa shape index (κ2) is 5.40. The van der Waals surface area contributed by atoms with Crippen LogP contribution in [0.4, 0.5) is 0 Å². The van der Waals surface area contributed by atoms with Crippen molar-refractivity contribution in [1.29, 1.82) is 0 Å². The van der Waals surface area contributed by atoms with Gasteiger partial charge in [-0.15, -0.1) is 0 Å². The summed E-state index contributed by atoms with van der Waals surface area (Å²) in [6.45, 7) is 1.97. The average Bonchev–Trinajstić information content (AvgIpc) is 2.55. The first-order valence-corrected chi connectivity index (χ1v) is 6.89. The lowest BCUT2D eigenvalue weighted by atomic mass is 10.1. The van der Waals surface area contributed by atoms with E-state index in [4.69, 9.17) is 4.74 Å². The van der Waals surface area contributed by atoms with Crippen molar-refractivity contribution in [2.75, 3.05) is 7.11 Å². The first-order chi connectivity index (χ1) is 10.2. The molecular weight excluding hydrogens is 264 g/mol. The van der Waals surface area contributed by atoms with E-state index in [0.717, 1.165) is 16.8 Å². The summed E-state index contributed by atoms with van der Waals surface area (Å²) in [7, 11) is 1.60. The summed E-state index contributed by atoms with van der Waals surface area (Å²) in [6, 6.07) is 13.3. The molecule has 0 bridgehead atoms. The van der Waals surface area contributed by atoms with Crippen LogP contribution < -0.4 is 10.3 Å². The summed E-state index contributed by atoms with van der Waals surface area (Å²) < 4.78 is 6.77. The fraction of sp³-hybridized carbons (Fsp3) is 0.176. The second-order valence-corrected chi connectivity index (χ2v) is 4.76. The van der Waals surface area contributed by atoms with Gasteiger partial charge in [-0.1, -0.05) is 37.3 Å². The zero-order chi connectivity index (χ0) is 14.8. The third-order valence-corrected chi connectivity index (χ3v) is 3.53. The van der Waals surface area contributed by atoms with E-state index in [1.807, 2.05) is 37.3 Å². The maximum absolute atomic E-state index is 12.6. The number of fused-ring (bicyclic) bond motifs is 1. The molecule has 1 aromatic carbocycles. The van der Waals surface area contributed by atoms with Gasteiger partial charge in [0.15, 0.2) is 0 Å². The smallest absolute Gasteiger partial charge is 0.261 e. The lowest BCUT2D eigenvalue weighted by Crippen LogP contribution is -2.20. The van der Waals surface area contributed by atoms with E-state index in [9.17, 15) is 4.79 Å². The Morgan fingerprint density at radius 2 is 1.95 bits per heavy atom. The second-order valence-electron chi connectivity index (χ2n) is 4.76. The lowest BCUT2D eigenvalue weighted by molar-refractivity contribution is 0.414. The van der Waals surface area contributed by atoms with Crippen molar-refractivity contribution in [3.05, 3.63) is 64.6 Å². The van der Waals surface area contributed by atoms with Crippen LogP contribution in [0.25, 0.3) is 16.9 Å². The van der Waals surface area contributed by atoms with Gasteiger partial charge in [-0.3, -0.25) is 9.20 Å². The zero-order valence-corrected chi connectivity index (χ0v) is 12.0. The average molecular weight is 280 g/mol. The van der Waals surface area contributed by atoms with E-state index in [-0.39, 0.29) is 5.56 Å². The highest BCUT2D eigenvalue weighted by Gasteiger charge is 2.13. The van der Waals surface area contributed by atoms with Crippen LogP contribution in [-0.4, -0.2) is 16.5 Å². The van der Waals surface area contributed by atoms with Gasteiger partial charge in [-0.25, -0.2) is 4.98 Å². The van der Waals surface area contributed by atoms with Gasteiger partial charge in [-0.2, -0.15) is 0 Å². The van der Waals surface area contributed by atoms with Crippen molar-refractivity contribution >= 4 is 5.65 Å². The molecule has 4 heteroatoms. The molecular formula is C17H16N2O2. The number of rotatable bonds is 3. The molecule has 0 aliphatic rings. The van der Waals surface area contributed by atoms with E-state index in [0.29, 0.717) is 17.8 Å². The van der Waals surface area contributed by atoms with Crippen LogP contribution in [0.5, 0.6) is 5.75 Å². The SMILES string of the molecule is CCc1c(-c2ccccc2)nc2cc(OC)ccn2c1=O. The van der Waals surface area contributed by atoms with Crippen molar-refractivity contribution < 1.29 is 4.74 Å². The monoisotopic (exact) mass is 280 g/mol. The van der Waals surface area contributed by atoms with E-state index >= 15 is 0 Å². The summed E-state index contributed by atoms with van der Waals surface area (Å²) in [5.41, 5.74) is 3.00. The zero-order valence-electron chi connectivity index (χ0n) is 12.0. The lowest BCUT2D eigenvalue weighted by Gasteiger charge is -2.10. The Morgan fingerprint density at radius 3 is 2.62 bits per heavy atom. The molecule has 0 radical (unpaired) electrons. The largest absolute Gasteiger partial charge is 0.497 e. The van der Waals surface area contributed by atoms with Crippen LogP contribution in [0.15, 0.2) is 53.5 Å². The van der Waals surface area contributed by atoms with Gasteiger partial charge >= 0.3 is 0 Å². The predicted molar refractivity (Wildman–Crippen MR) is 82.8 cm³/mol. The summed E-state index contributed by atoms with van der Waals surface area (Å²) in [6.07, 6.45) is 2.35. The molecule has 0 unspecified atom stereocenters. The minimum atomic E-state index is -0.0241. The molecule has 0 aliphatic carbocycles. The number of pyridine rings is 1. The van der Waals surface area contributed by atoms with Gasteiger partial charge in [-0.05, 0) is 12.5 Å². The summed E-state index contributed by atoms with van der Waals surface area (Å²) in [5, 5.41) is 0. The first kappa shape index (κ1) is 13.4. The van der Waals surface area contributed by atoms with Crippen molar-refractivity contribution in [3.8, 4) is 17.0 Å².